The van der Waals surface area contributed by atoms with Gasteiger partial charge in [-0.3, -0.25) is 0 Å². The number of nitrogens with zero attached hydrogens (tertiary/aromatic N) is 5. The lowest BCUT2D eigenvalue weighted by Crippen LogP contribution is -2.45. The van der Waals surface area contributed by atoms with Gasteiger partial charge in [0.2, 0.25) is 0 Å². The van der Waals surface area contributed by atoms with E-state index < -0.39 is 0 Å². The summed E-state index contributed by atoms with van der Waals surface area (Å²) in [6.07, 6.45) is 2.80. The number of pyridine rings is 1. The van der Waals surface area contributed by atoms with Crippen LogP contribution in [0.1, 0.15) is 25.0 Å². The van der Waals surface area contributed by atoms with Gasteiger partial charge >= 0.3 is 5.97 Å². The maximum atomic E-state index is 11.8. The second-order valence-corrected chi connectivity index (χ2v) is 4.60. The fraction of sp³-hybridized carbons (Fsp3) is 0.538. The number of carbonyl (C=O) groups is 1. The van der Waals surface area contributed by atoms with Crippen molar-refractivity contribution in [1.29, 1.82) is 0 Å². The van der Waals surface area contributed by atoms with E-state index >= 15 is 0 Å². The first-order valence-corrected chi connectivity index (χ1v) is 6.57. The van der Waals surface area contributed by atoms with Gasteiger partial charge in [-0.15, -0.1) is 0 Å². The van der Waals surface area contributed by atoms with Crippen LogP contribution in [0.4, 0.5) is 5.82 Å². The van der Waals surface area contributed by atoms with E-state index in [1.165, 1.54) is 7.11 Å². The van der Waals surface area contributed by atoms with Crippen LogP contribution < -0.4 is 4.90 Å². The van der Waals surface area contributed by atoms with E-state index in [0.29, 0.717) is 5.69 Å². The molecule has 0 bridgehead atoms. The molecule has 1 atom stereocenters. The average Bonchev–Trinajstić information content (AvgIpc) is 2.52. The fourth-order valence-corrected chi connectivity index (χ4v) is 2.41. The predicted octanol–water partition coefficient (Wildman–Crippen LogP) is 2.42. The van der Waals surface area contributed by atoms with Crippen molar-refractivity contribution in [1.82, 2.24) is 4.98 Å². The molecule has 2 rings (SSSR count). The van der Waals surface area contributed by atoms with Gasteiger partial charge in [0.05, 0.1) is 13.7 Å². The van der Waals surface area contributed by atoms with Crippen molar-refractivity contribution in [2.45, 2.75) is 31.8 Å². The van der Waals surface area contributed by atoms with Crippen LogP contribution in [0.15, 0.2) is 23.3 Å². The van der Waals surface area contributed by atoms with Gasteiger partial charge in [-0.25, -0.2) is 9.78 Å². The van der Waals surface area contributed by atoms with Crippen LogP contribution in [0.2, 0.25) is 0 Å². The molecule has 0 aliphatic carbocycles. The first-order valence-electron chi connectivity index (χ1n) is 6.57. The van der Waals surface area contributed by atoms with Crippen molar-refractivity contribution in [2.75, 3.05) is 18.6 Å². The molecule has 7 nitrogen and oxygen atoms in total. The maximum Gasteiger partial charge on any atom is 0.328 e. The molecule has 0 N–H and O–H groups in total. The van der Waals surface area contributed by atoms with Crippen LogP contribution in [-0.2, 0) is 16.1 Å². The SMILES string of the molecule is COC(=O)C1CCCCN1c1cccc(CN=[N+]=[N-])n1. The number of rotatable bonds is 4. The Balaban J connectivity index is 2.23. The average molecular weight is 275 g/mol. The molecular formula is C13H17N5O2. The molecule has 1 aromatic rings. The van der Waals surface area contributed by atoms with Crippen molar-refractivity contribution in [3.05, 3.63) is 34.3 Å². The van der Waals surface area contributed by atoms with Gasteiger partial charge in [0.25, 0.3) is 0 Å². The van der Waals surface area contributed by atoms with E-state index in [0.717, 1.165) is 31.6 Å². The second-order valence-electron chi connectivity index (χ2n) is 4.60. The number of methoxy groups -OCH3 is 1. The molecule has 1 fully saturated rings. The molecule has 1 aliphatic rings. The summed E-state index contributed by atoms with van der Waals surface area (Å²) in [6, 6.07) is 5.24. The molecule has 0 radical (unpaired) electrons. The Hall–Kier alpha value is -2.27. The maximum absolute atomic E-state index is 11.8. The number of hydrogen-bond donors (Lipinski definition) is 0. The highest BCUT2D eigenvalue weighted by atomic mass is 16.5. The molecule has 0 saturated carbocycles. The molecule has 20 heavy (non-hydrogen) atoms. The van der Waals surface area contributed by atoms with Crippen molar-refractivity contribution in [3.63, 3.8) is 0 Å². The highest BCUT2D eigenvalue weighted by molar-refractivity contribution is 5.79. The third-order valence-corrected chi connectivity index (χ3v) is 3.36. The highest BCUT2D eigenvalue weighted by Crippen LogP contribution is 2.24. The molecule has 1 unspecified atom stereocenters. The van der Waals surface area contributed by atoms with Gasteiger partial charge in [0, 0.05) is 17.2 Å². The Bertz CT molecular complexity index is 527. The van der Waals surface area contributed by atoms with Crippen molar-refractivity contribution >= 4 is 11.8 Å². The first-order chi connectivity index (χ1) is 9.76. The molecule has 106 valence electrons. The summed E-state index contributed by atoms with van der Waals surface area (Å²) in [5, 5.41) is 3.51. The fourth-order valence-electron chi connectivity index (χ4n) is 2.41. The summed E-state index contributed by atoms with van der Waals surface area (Å²) >= 11 is 0. The number of anilines is 1. The van der Waals surface area contributed by atoms with E-state index in [2.05, 4.69) is 15.0 Å². The van der Waals surface area contributed by atoms with Gasteiger partial charge in [-0.05, 0) is 36.9 Å². The number of aromatic nitrogens is 1. The minimum Gasteiger partial charge on any atom is -0.467 e. The Labute approximate surface area is 117 Å². The second kappa shape index (κ2) is 6.77. The lowest BCUT2D eigenvalue weighted by Gasteiger charge is -2.34. The minimum atomic E-state index is -0.282. The molecule has 0 spiro atoms. The van der Waals surface area contributed by atoms with Gasteiger partial charge < -0.3 is 9.64 Å². The molecule has 0 amide bonds. The number of hydrogen-bond acceptors (Lipinski definition) is 5. The van der Waals surface area contributed by atoms with Crippen LogP contribution in [-0.4, -0.2) is 30.6 Å². The summed E-state index contributed by atoms with van der Waals surface area (Å²) in [6.45, 7) is 0.985. The highest BCUT2D eigenvalue weighted by Gasteiger charge is 2.30. The standard InChI is InChI=1S/C13H17N5O2/c1-20-13(19)11-6-2-3-8-18(11)12-7-4-5-10(16-12)9-15-17-14/h4-5,7,11H,2-3,6,8-9H2,1H3. The first kappa shape index (κ1) is 14.1. The molecule has 0 aromatic carbocycles. The minimum absolute atomic E-state index is 0.209. The number of piperidine rings is 1. The normalized spacial score (nSPS) is 18.2. The third kappa shape index (κ3) is 3.19. The quantitative estimate of drug-likeness (QED) is 0.365. The van der Waals surface area contributed by atoms with Crippen molar-refractivity contribution < 1.29 is 9.53 Å². The predicted molar refractivity (Wildman–Crippen MR) is 74.1 cm³/mol. The summed E-state index contributed by atoms with van der Waals surface area (Å²) in [7, 11) is 1.40. The van der Waals surface area contributed by atoms with Crippen molar-refractivity contribution in [2.24, 2.45) is 5.11 Å². The molecule has 1 aromatic heterocycles. The van der Waals surface area contributed by atoms with Gasteiger partial charge in [0.1, 0.15) is 11.9 Å². The summed E-state index contributed by atoms with van der Waals surface area (Å²) in [5.41, 5.74) is 9.04. The largest absolute Gasteiger partial charge is 0.467 e. The molecule has 2 heterocycles. The molecule has 7 heteroatoms. The van der Waals surface area contributed by atoms with Gasteiger partial charge in [0.15, 0.2) is 0 Å². The van der Waals surface area contributed by atoms with Crippen molar-refractivity contribution in [3.8, 4) is 0 Å². The van der Waals surface area contributed by atoms with Crippen LogP contribution >= 0.6 is 0 Å². The van der Waals surface area contributed by atoms with Crippen LogP contribution in [0, 0.1) is 0 Å². The molecular weight excluding hydrogens is 258 g/mol. The topological polar surface area (TPSA) is 91.2 Å². The summed E-state index contributed by atoms with van der Waals surface area (Å²) in [5.74, 6) is 0.498. The number of carbonyl (C=O) groups excluding carboxylic acids is 1. The molecule has 1 saturated heterocycles. The lowest BCUT2D eigenvalue weighted by atomic mass is 10.0. The van der Waals surface area contributed by atoms with E-state index in [1.807, 2.05) is 17.0 Å². The monoisotopic (exact) mass is 275 g/mol. The number of azide groups is 1. The van der Waals surface area contributed by atoms with E-state index in [9.17, 15) is 4.79 Å². The lowest BCUT2D eigenvalue weighted by molar-refractivity contribution is -0.142. The van der Waals surface area contributed by atoms with Gasteiger partial charge in [-0.2, -0.15) is 0 Å². The number of ether oxygens (including phenoxy) is 1. The zero-order chi connectivity index (χ0) is 14.4. The zero-order valence-corrected chi connectivity index (χ0v) is 11.4. The van der Waals surface area contributed by atoms with E-state index in [4.69, 9.17) is 10.3 Å². The van der Waals surface area contributed by atoms with Gasteiger partial charge in [-0.1, -0.05) is 11.2 Å². The summed E-state index contributed by atoms with van der Waals surface area (Å²) in [4.78, 5) is 21.0. The zero-order valence-electron chi connectivity index (χ0n) is 11.4. The Kier molecular flexibility index (Phi) is 4.79. The van der Waals surface area contributed by atoms with Crippen LogP contribution in [0.5, 0.6) is 0 Å². The summed E-state index contributed by atoms with van der Waals surface area (Å²) < 4.78 is 4.86. The Morgan fingerprint density at radius 3 is 3.20 bits per heavy atom. The Morgan fingerprint density at radius 2 is 2.45 bits per heavy atom. The smallest absolute Gasteiger partial charge is 0.328 e. The Morgan fingerprint density at radius 1 is 1.60 bits per heavy atom. The molecule has 1 aliphatic heterocycles. The third-order valence-electron chi connectivity index (χ3n) is 3.36. The van der Waals surface area contributed by atoms with Crippen LogP contribution in [0.3, 0.4) is 0 Å². The van der Waals surface area contributed by atoms with E-state index in [-0.39, 0.29) is 18.6 Å². The van der Waals surface area contributed by atoms with E-state index in [1.54, 1.807) is 6.07 Å². The van der Waals surface area contributed by atoms with Crippen LogP contribution in [0.25, 0.3) is 10.4 Å². The number of esters is 1.